The molecule has 0 fully saturated rings. The van der Waals surface area contributed by atoms with E-state index in [-0.39, 0.29) is 25.7 Å². The van der Waals surface area contributed by atoms with E-state index < -0.39 is 0 Å². The summed E-state index contributed by atoms with van der Waals surface area (Å²) in [5, 5.41) is 18.6. The average Bonchev–Trinajstić information content (AvgIpc) is 2.27. The summed E-state index contributed by atoms with van der Waals surface area (Å²) in [5.41, 5.74) is 0.422. The Morgan fingerprint density at radius 2 is 2.19 bits per heavy atom. The number of aromatic amines is 1. The second-order valence-corrected chi connectivity index (χ2v) is 3.12. The van der Waals surface area contributed by atoms with Crippen LogP contribution in [0.3, 0.4) is 0 Å². The van der Waals surface area contributed by atoms with E-state index in [1.807, 2.05) is 0 Å². The predicted octanol–water partition coefficient (Wildman–Crippen LogP) is 0.465. The first kappa shape index (κ1) is 14.8. The normalized spacial score (nSPS) is 8.94. The number of hydrogen-bond acceptors (Lipinski definition) is 4. The molecule has 5 nitrogen and oxygen atoms in total. The molecule has 6 heteroatoms. The molecule has 90 valence electrons. The Balaban J connectivity index is 0.000000673. The Kier molecular flexibility index (Phi) is 8.32. The molecule has 1 aromatic heterocycles. The minimum Gasteiger partial charge on any atom is -0.397 e. The number of pyridine rings is 1. The lowest BCUT2D eigenvalue weighted by molar-refractivity contribution is 0.0944. The summed E-state index contributed by atoms with van der Waals surface area (Å²) in [4.78, 5) is 14.1. The fraction of sp³-hybridized carbons (Fsp3) is 0.400. The van der Waals surface area contributed by atoms with Crippen molar-refractivity contribution in [1.29, 1.82) is 0 Å². The Morgan fingerprint density at radius 1 is 1.56 bits per heavy atom. The maximum Gasteiger partial charge on any atom is 0.254 e. The lowest BCUT2D eigenvalue weighted by atomic mass is 10.3. The van der Waals surface area contributed by atoms with E-state index in [1.165, 1.54) is 0 Å². The number of aliphatic hydroxyl groups is 2. The van der Waals surface area contributed by atoms with Crippen molar-refractivity contribution in [2.24, 2.45) is 0 Å². The van der Waals surface area contributed by atoms with Gasteiger partial charge >= 0.3 is 0 Å². The van der Waals surface area contributed by atoms with Crippen LogP contribution >= 0.6 is 12.2 Å². The minimum absolute atomic E-state index is 0.0744. The summed E-state index contributed by atoms with van der Waals surface area (Å²) in [6.07, 6.45) is 1.66. The zero-order valence-corrected chi connectivity index (χ0v) is 9.88. The first-order valence-corrected chi connectivity index (χ1v) is 5.25. The monoisotopic (exact) mass is 244 g/mol. The quantitative estimate of drug-likeness (QED) is 0.582. The van der Waals surface area contributed by atoms with E-state index in [2.05, 4.69) is 10.3 Å². The number of carbonyl (C=O) groups excluding carboxylic acids is 1. The Morgan fingerprint density at radius 3 is 2.69 bits per heavy atom. The smallest absolute Gasteiger partial charge is 0.254 e. The molecule has 16 heavy (non-hydrogen) atoms. The molecule has 0 unspecified atom stereocenters. The molecule has 1 aromatic rings. The number of amides is 1. The molecular weight excluding hydrogens is 228 g/mol. The van der Waals surface area contributed by atoms with Crippen LogP contribution < -0.4 is 5.32 Å². The van der Waals surface area contributed by atoms with Crippen molar-refractivity contribution in [1.82, 2.24) is 10.3 Å². The Labute approximate surface area is 99.1 Å². The molecule has 0 bridgehead atoms. The topological polar surface area (TPSA) is 85.3 Å². The highest BCUT2D eigenvalue weighted by atomic mass is 32.1. The zero-order chi connectivity index (χ0) is 12.4. The molecule has 0 saturated carbocycles. The molecule has 0 aromatic carbocycles. The van der Waals surface area contributed by atoms with Crippen LogP contribution in [0.5, 0.6) is 0 Å². The summed E-state index contributed by atoms with van der Waals surface area (Å²) in [6.45, 7) is 2.09. The highest BCUT2D eigenvalue weighted by Gasteiger charge is 2.04. The number of carbonyl (C=O) groups is 1. The molecule has 0 saturated heterocycles. The predicted molar refractivity (Wildman–Crippen MR) is 63.8 cm³/mol. The molecule has 1 rings (SSSR count). The molecule has 4 N–H and O–H groups in total. The average molecular weight is 244 g/mol. The lowest BCUT2D eigenvalue weighted by Gasteiger charge is -2.01. The summed E-state index contributed by atoms with van der Waals surface area (Å²) in [6, 6.07) is 3.33. The first-order chi connectivity index (χ1) is 7.67. The third-order valence-corrected chi connectivity index (χ3v) is 1.80. The van der Waals surface area contributed by atoms with E-state index in [0.717, 1.165) is 0 Å². The first-order valence-electron chi connectivity index (χ1n) is 4.85. The fourth-order valence-corrected chi connectivity index (χ4v) is 1.09. The lowest BCUT2D eigenvalue weighted by Crippen LogP contribution is -2.26. The molecule has 0 spiro atoms. The maximum absolute atomic E-state index is 11.3. The van der Waals surface area contributed by atoms with Gasteiger partial charge in [-0.3, -0.25) is 4.79 Å². The van der Waals surface area contributed by atoms with Crippen LogP contribution in [-0.4, -0.2) is 40.9 Å². The Bertz CT molecular complexity index is 365. The number of H-pyrrole nitrogens is 1. The molecule has 0 radical (unpaired) electrons. The fourth-order valence-electron chi connectivity index (χ4n) is 0.865. The van der Waals surface area contributed by atoms with E-state index in [1.54, 1.807) is 25.3 Å². The van der Waals surface area contributed by atoms with E-state index >= 15 is 0 Å². The molecule has 1 amide bonds. The van der Waals surface area contributed by atoms with Crippen LogP contribution in [0.25, 0.3) is 0 Å². The van der Waals surface area contributed by atoms with E-state index in [4.69, 9.17) is 22.4 Å². The van der Waals surface area contributed by atoms with Gasteiger partial charge in [-0.2, -0.15) is 0 Å². The van der Waals surface area contributed by atoms with Crippen molar-refractivity contribution in [2.45, 2.75) is 6.92 Å². The number of aliphatic hydroxyl groups excluding tert-OH is 2. The van der Waals surface area contributed by atoms with Gasteiger partial charge in [0, 0.05) is 19.3 Å². The van der Waals surface area contributed by atoms with Crippen LogP contribution in [-0.2, 0) is 0 Å². The SMILES string of the molecule is CCO.O=C(NCCO)c1ccc[nH]c1=S. The van der Waals surface area contributed by atoms with Gasteiger partial charge < -0.3 is 20.5 Å². The second kappa shape index (κ2) is 9.02. The van der Waals surface area contributed by atoms with Gasteiger partial charge in [-0.15, -0.1) is 0 Å². The van der Waals surface area contributed by atoms with Gasteiger partial charge in [0.05, 0.1) is 12.2 Å². The van der Waals surface area contributed by atoms with Crippen molar-refractivity contribution in [2.75, 3.05) is 19.8 Å². The molecular formula is C10H16N2O3S. The standard InChI is InChI=1S/C8H10N2O2S.C2H6O/c11-5-4-9-7(12)6-2-1-3-10-8(6)13;1-2-3/h1-3,11H,4-5H2,(H,9,12)(H,10,13);3H,2H2,1H3. The van der Waals surface area contributed by atoms with Crippen LogP contribution in [0.2, 0.25) is 0 Å². The van der Waals surface area contributed by atoms with Crippen LogP contribution in [0.15, 0.2) is 18.3 Å². The van der Waals surface area contributed by atoms with E-state index in [9.17, 15) is 4.79 Å². The number of nitrogens with one attached hydrogen (secondary N) is 2. The van der Waals surface area contributed by atoms with Crippen LogP contribution in [0, 0.1) is 4.64 Å². The van der Waals surface area contributed by atoms with Gasteiger partial charge in [0.2, 0.25) is 0 Å². The number of aromatic nitrogens is 1. The van der Waals surface area contributed by atoms with Crippen LogP contribution in [0.4, 0.5) is 0 Å². The zero-order valence-electron chi connectivity index (χ0n) is 9.06. The van der Waals surface area contributed by atoms with Crippen molar-refractivity contribution in [3.05, 3.63) is 28.5 Å². The van der Waals surface area contributed by atoms with Crippen LogP contribution in [0.1, 0.15) is 17.3 Å². The largest absolute Gasteiger partial charge is 0.397 e. The summed E-state index contributed by atoms with van der Waals surface area (Å²) < 4.78 is 0.401. The van der Waals surface area contributed by atoms with Crippen molar-refractivity contribution >= 4 is 18.1 Å². The van der Waals surface area contributed by atoms with Gasteiger partial charge in [0.25, 0.3) is 5.91 Å². The van der Waals surface area contributed by atoms with Gasteiger partial charge in [0.15, 0.2) is 0 Å². The highest BCUT2D eigenvalue weighted by Crippen LogP contribution is 1.98. The van der Waals surface area contributed by atoms with Gasteiger partial charge in [-0.25, -0.2) is 0 Å². The molecule has 0 atom stereocenters. The number of rotatable bonds is 3. The minimum atomic E-state index is -0.268. The summed E-state index contributed by atoms with van der Waals surface area (Å²) >= 11 is 4.90. The second-order valence-electron chi connectivity index (χ2n) is 2.71. The van der Waals surface area contributed by atoms with Crippen molar-refractivity contribution in [3.63, 3.8) is 0 Å². The van der Waals surface area contributed by atoms with Gasteiger partial charge in [0.1, 0.15) is 4.64 Å². The maximum atomic E-state index is 11.3. The molecule has 0 aliphatic heterocycles. The molecule has 0 aliphatic carbocycles. The summed E-state index contributed by atoms with van der Waals surface area (Å²) in [5.74, 6) is -0.268. The molecule has 0 aliphatic rings. The van der Waals surface area contributed by atoms with Crippen molar-refractivity contribution < 1.29 is 15.0 Å². The van der Waals surface area contributed by atoms with Gasteiger partial charge in [-0.05, 0) is 19.1 Å². The third kappa shape index (κ3) is 5.59. The molecule has 1 heterocycles. The number of hydrogen-bond donors (Lipinski definition) is 4. The highest BCUT2D eigenvalue weighted by molar-refractivity contribution is 7.71. The summed E-state index contributed by atoms with van der Waals surface area (Å²) in [7, 11) is 0. The van der Waals surface area contributed by atoms with E-state index in [0.29, 0.717) is 10.2 Å². The van der Waals surface area contributed by atoms with Crippen molar-refractivity contribution in [3.8, 4) is 0 Å². The Hall–Kier alpha value is -1.24. The van der Waals surface area contributed by atoms with Gasteiger partial charge in [-0.1, -0.05) is 12.2 Å². The third-order valence-electron chi connectivity index (χ3n) is 1.46.